The molecule has 1 saturated carbocycles. The van der Waals surface area contributed by atoms with Crippen LogP contribution in [0.3, 0.4) is 0 Å². The Kier molecular flexibility index (Phi) is 8.71. The van der Waals surface area contributed by atoms with Gasteiger partial charge in [-0.25, -0.2) is 4.79 Å². The molecule has 0 aromatic heterocycles. The molecule has 148 valence electrons. The Labute approximate surface area is 155 Å². The average molecular weight is 367 g/mol. The largest absolute Gasteiger partial charge is 0.481 e. The molecule has 7 heteroatoms. The molecule has 1 aliphatic heterocycles. The van der Waals surface area contributed by atoms with Crippen LogP contribution in [-0.2, 0) is 9.59 Å². The van der Waals surface area contributed by atoms with E-state index < -0.39 is 5.97 Å². The summed E-state index contributed by atoms with van der Waals surface area (Å²) in [6.45, 7) is 1.30. The van der Waals surface area contributed by atoms with Crippen LogP contribution in [0.5, 0.6) is 0 Å². The van der Waals surface area contributed by atoms with Gasteiger partial charge in [0.05, 0.1) is 6.42 Å². The third-order valence-corrected chi connectivity index (χ3v) is 5.40. The van der Waals surface area contributed by atoms with Gasteiger partial charge in [-0.15, -0.1) is 0 Å². The highest BCUT2D eigenvalue weighted by atomic mass is 16.4. The SMILES string of the molecule is O=C(O)CC1CCCN1C(=O)CCCCCNC(=O)NC1CCCCC1. The van der Waals surface area contributed by atoms with Gasteiger partial charge < -0.3 is 20.6 Å². The number of unbranched alkanes of at least 4 members (excludes halogenated alkanes) is 2. The van der Waals surface area contributed by atoms with Crippen molar-refractivity contribution >= 4 is 17.9 Å². The van der Waals surface area contributed by atoms with Crippen molar-refractivity contribution < 1.29 is 19.5 Å². The molecule has 0 radical (unpaired) electrons. The maximum atomic E-state index is 12.3. The molecule has 0 aromatic carbocycles. The van der Waals surface area contributed by atoms with Crippen molar-refractivity contribution in [3.8, 4) is 0 Å². The van der Waals surface area contributed by atoms with Crippen molar-refractivity contribution in [2.75, 3.05) is 13.1 Å². The van der Waals surface area contributed by atoms with Gasteiger partial charge >= 0.3 is 12.0 Å². The van der Waals surface area contributed by atoms with Crippen molar-refractivity contribution in [3.63, 3.8) is 0 Å². The minimum absolute atomic E-state index is 0.0474. The monoisotopic (exact) mass is 367 g/mol. The number of carboxylic acid groups (broad SMARTS) is 1. The number of nitrogens with zero attached hydrogens (tertiary/aromatic N) is 1. The molecule has 0 aromatic rings. The number of likely N-dealkylation sites (tertiary alicyclic amines) is 1. The highest BCUT2D eigenvalue weighted by Crippen LogP contribution is 2.21. The molecule has 7 nitrogen and oxygen atoms in total. The zero-order valence-electron chi connectivity index (χ0n) is 15.7. The number of hydrogen-bond acceptors (Lipinski definition) is 3. The van der Waals surface area contributed by atoms with Crippen LogP contribution >= 0.6 is 0 Å². The highest BCUT2D eigenvalue weighted by Gasteiger charge is 2.29. The minimum Gasteiger partial charge on any atom is -0.481 e. The number of aliphatic carboxylic acids is 1. The molecular formula is C19H33N3O4. The molecule has 3 N–H and O–H groups in total. The van der Waals surface area contributed by atoms with Crippen LogP contribution in [0.2, 0.25) is 0 Å². The fourth-order valence-corrected chi connectivity index (χ4v) is 3.98. The normalized spacial score (nSPS) is 20.8. The lowest BCUT2D eigenvalue weighted by Crippen LogP contribution is -2.43. The van der Waals surface area contributed by atoms with Gasteiger partial charge in [0.25, 0.3) is 0 Å². The van der Waals surface area contributed by atoms with Crippen molar-refractivity contribution in [3.05, 3.63) is 0 Å². The summed E-state index contributed by atoms with van der Waals surface area (Å²) in [6.07, 6.45) is 10.5. The number of rotatable bonds is 9. The lowest BCUT2D eigenvalue weighted by Gasteiger charge is -2.23. The molecular weight excluding hydrogens is 334 g/mol. The first-order chi connectivity index (χ1) is 12.6. The quantitative estimate of drug-likeness (QED) is 0.546. The van der Waals surface area contributed by atoms with E-state index in [0.29, 0.717) is 25.6 Å². The second-order valence-electron chi connectivity index (χ2n) is 7.53. The first-order valence-electron chi connectivity index (χ1n) is 10.1. The summed E-state index contributed by atoms with van der Waals surface area (Å²) < 4.78 is 0. The van der Waals surface area contributed by atoms with Crippen molar-refractivity contribution in [1.82, 2.24) is 15.5 Å². The molecule has 0 bridgehead atoms. The number of urea groups is 1. The van der Waals surface area contributed by atoms with Gasteiger partial charge in [0, 0.05) is 31.6 Å². The molecule has 26 heavy (non-hydrogen) atoms. The van der Waals surface area contributed by atoms with E-state index in [1.54, 1.807) is 4.90 Å². The van der Waals surface area contributed by atoms with Gasteiger partial charge in [0.15, 0.2) is 0 Å². The number of carbonyl (C=O) groups excluding carboxylic acids is 2. The fraction of sp³-hybridized carbons (Fsp3) is 0.842. The van der Waals surface area contributed by atoms with Crippen LogP contribution in [0.15, 0.2) is 0 Å². The van der Waals surface area contributed by atoms with Crippen LogP contribution in [0, 0.1) is 0 Å². The van der Waals surface area contributed by atoms with Gasteiger partial charge in [-0.2, -0.15) is 0 Å². The Morgan fingerprint density at radius 3 is 2.46 bits per heavy atom. The van der Waals surface area contributed by atoms with Gasteiger partial charge in [-0.05, 0) is 38.5 Å². The predicted molar refractivity (Wildman–Crippen MR) is 98.9 cm³/mol. The van der Waals surface area contributed by atoms with Gasteiger partial charge in [-0.3, -0.25) is 9.59 Å². The molecule has 0 spiro atoms. The number of nitrogens with one attached hydrogen (secondary N) is 2. The van der Waals surface area contributed by atoms with Crippen molar-refractivity contribution in [2.45, 2.75) is 89.1 Å². The standard InChI is InChI=1S/C19H33N3O4/c23-17(22-13-7-10-16(22)14-18(24)25)11-5-2-6-12-20-19(26)21-15-8-3-1-4-9-15/h15-16H,1-14H2,(H,24,25)(H2,20,21,26). The molecule has 1 heterocycles. The maximum Gasteiger partial charge on any atom is 0.315 e. The lowest BCUT2D eigenvalue weighted by atomic mass is 9.96. The highest BCUT2D eigenvalue weighted by molar-refractivity contribution is 5.78. The first-order valence-corrected chi connectivity index (χ1v) is 10.1. The summed E-state index contributed by atoms with van der Waals surface area (Å²) in [6, 6.07) is 0.104. The molecule has 3 amide bonds. The summed E-state index contributed by atoms with van der Waals surface area (Å²) in [5, 5.41) is 14.8. The van der Waals surface area contributed by atoms with E-state index in [4.69, 9.17) is 5.11 Å². The topological polar surface area (TPSA) is 98.7 Å². The van der Waals surface area contributed by atoms with E-state index in [1.165, 1.54) is 19.3 Å². The van der Waals surface area contributed by atoms with Crippen LogP contribution in [0.25, 0.3) is 0 Å². The number of carboxylic acids is 1. The second-order valence-corrected chi connectivity index (χ2v) is 7.53. The molecule has 1 saturated heterocycles. The van der Waals surface area contributed by atoms with E-state index in [-0.39, 0.29) is 24.4 Å². The third-order valence-electron chi connectivity index (χ3n) is 5.40. The van der Waals surface area contributed by atoms with E-state index in [1.807, 2.05) is 0 Å². The Bertz CT molecular complexity index is 477. The Morgan fingerprint density at radius 2 is 1.73 bits per heavy atom. The Balaban J connectivity index is 1.51. The predicted octanol–water partition coefficient (Wildman–Crippen LogP) is 2.64. The van der Waals surface area contributed by atoms with Crippen molar-refractivity contribution in [1.29, 1.82) is 0 Å². The first kappa shape index (κ1) is 20.5. The summed E-state index contributed by atoms with van der Waals surface area (Å²) in [5.74, 6) is -0.774. The third kappa shape index (κ3) is 7.22. The summed E-state index contributed by atoms with van der Waals surface area (Å²) >= 11 is 0. The number of hydrogen-bond donors (Lipinski definition) is 3. The summed E-state index contributed by atoms with van der Waals surface area (Å²) in [7, 11) is 0. The smallest absolute Gasteiger partial charge is 0.315 e. The van der Waals surface area contributed by atoms with Gasteiger partial charge in [-0.1, -0.05) is 25.7 Å². The van der Waals surface area contributed by atoms with Crippen molar-refractivity contribution in [2.24, 2.45) is 0 Å². The molecule has 2 aliphatic rings. The summed E-state index contributed by atoms with van der Waals surface area (Å²) in [5.41, 5.74) is 0. The van der Waals surface area contributed by atoms with Gasteiger partial charge in [0.1, 0.15) is 0 Å². The molecule has 2 rings (SSSR count). The average Bonchev–Trinajstić information content (AvgIpc) is 3.06. The molecule has 1 atom stereocenters. The zero-order valence-corrected chi connectivity index (χ0v) is 15.7. The van der Waals surface area contributed by atoms with Crippen LogP contribution in [0.1, 0.15) is 77.0 Å². The van der Waals surface area contributed by atoms with E-state index in [2.05, 4.69) is 10.6 Å². The Hall–Kier alpha value is -1.79. The van der Waals surface area contributed by atoms with Crippen LogP contribution in [0.4, 0.5) is 4.79 Å². The zero-order chi connectivity index (χ0) is 18.8. The van der Waals surface area contributed by atoms with E-state index >= 15 is 0 Å². The Morgan fingerprint density at radius 1 is 0.962 bits per heavy atom. The number of carbonyl (C=O) groups is 3. The van der Waals surface area contributed by atoms with Crippen LogP contribution in [-0.4, -0.2) is 53.1 Å². The van der Waals surface area contributed by atoms with Crippen LogP contribution < -0.4 is 10.6 Å². The molecule has 1 aliphatic carbocycles. The minimum atomic E-state index is -0.840. The summed E-state index contributed by atoms with van der Waals surface area (Å²) in [4.78, 5) is 36.7. The maximum absolute atomic E-state index is 12.3. The van der Waals surface area contributed by atoms with Gasteiger partial charge in [0.2, 0.25) is 5.91 Å². The lowest BCUT2D eigenvalue weighted by molar-refractivity contribution is -0.139. The fourth-order valence-electron chi connectivity index (χ4n) is 3.98. The van der Waals surface area contributed by atoms with E-state index in [9.17, 15) is 14.4 Å². The van der Waals surface area contributed by atoms with E-state index in [0.717, 1.165) is 44.9 Å². The second kappa shape index (κ2) is 11.0. The molecule has 1 unspecified atom stereocenters. The number of amides is 3. The molecule has 2 fully saturated rings.